The fraction of sp³-hybridized carbons (Fsp3) is 0.174. The number of carbonyl (C=O) groups is 1. The number of halogens is 2. The van der Waals surface area contributed by atoms with Gasteiger partial charge in [-0.15, -0.1) is 0 Å². The van der Waals surface area contributed by atoms with Gasteiger partial charge < -0.3 is 14.6 Å². The quantitative estimate of drug-likeness (QED) is 0.522. The Hall–Kier alpha value is -1.89. The summed E-state index contributed by atoms with van der Waals surface area (Å²) in [5.74, 6) is -0.616. The minimum Gasteiger partial charge on any atom is -0.543 e. The maximum absolute atomic E-state index is 11.2. The Labute approximate surface area is 212 Å². The molecule has 0 bridgehead atoms. The Morgan fingerprint density at radius 1 is 1.06 bits per heavy atom. The number of aromatic nitrogens is 2. The second kappa shape index (κ2) is 10.6. The van der Waals surface area contributed by atoms with Crippen molar-refractivity contribution in [1.29, 1.82) is 0 Å². The van der Waals surface area contributed by atoms with Crippen LogP contribution in [-0.4, -0.2) is 15.9 Å². The molecule has 0 saturated heterocycles. The fourth-order valence-electron chi connectivity index (χ4n) is 3.57. The molecule has 0 unspecified atom stereocenters. The van der Waals surface area contributed by atoms with E-state index in [-0.39, 0.29) is 35.3 Å². The number of carboxylic acid groups (broad SMARTS) is 1. The van der Waals surface area contributed by atoms with Gasteiger partial charge in [0.05, 0.1) is 24.1 Å². The number of aromatic carboxylic acids is 1. The van der Waals surface area contributed by atoms with Gasteiger partial charge in [-0.1, -0.05) is 47.5 Å². The average molecular weight is 463 g/mol. The molecule has 31 heavy (non-hydrogen) atoms. The van der Waals surface area contributed by atoms with Crippen LogP contribution in [0.3, 0.4) is 0 Å². The molecule has 0 saturated carbocycles. The number of benzene rings is 2. The zero-order valence-electron chi connectivity index (χ0n) is 16.9. The molecule has 8 heteroatoms. The third-order valence-electron chi connectivity index (χ3n) is 4.98. The van der Waals surface area contributed by atoms with Crippen LogP contribution in [0.2, 0.25) is 10.0 Å². The van der Waals surface area contributed by atoms with Crippen LogP contribution in [0.1, 0.15) is 46.6 Å². The van der Waals surface area contributed by atoms with Gasteiger partial charge in [-0.25, -0.2) is 4.98 Å². The zero-order valence-corrected chi connectivity index (χ0v) is 20.4. The number of rotatable bonds is 6. The summed E-state index contributed by atoms with van der Waals surface area (Å²) in [7, 11) is 0. The van der Waals surface area contributed by atoms with Crippen LogP contribution >= 0.6 is 23.2 Å². The summed E-state index contributed by atoms with van der Waals surface area (Å²) in [5.41, 5.74) is 4.23. The van der Waals surface area contributed by atoms with Crippen LogP contribution in [0.25, 0.3) is 11.1 Å². The molecular weight excluding hydrogens is 446 g/mol. The topological polar surface area (TPSA) is 75.1 Å². The van der Waals surface area contributed by atoms with Gasteiger partial charge in [-0.05, 0) is 48.6 Å². The summed E-state index contributed by atoms with van der Waals surface area (Å²) in [6, 6.07) is 13.1. The van der Waals surface area contributed by atoms with Crippen molar-refractivity contribution in [1.82, 2.24) is 9.97 Å². The summed E-state index contributed by atoms with van der Waals surface area (Å²) in [4.78, 5) is 19.4. The minimum atomic E-state index is -1.34. The second-order valence-electron chi connectivity index (χ2n) is 6.91. The van der Waals surface area contributed by atoms with E-state index in [9.17, 15) is 9.90 Å². The summed E-state index contributed by atoms with van der Waals surface area (Å²) in [5, 5.41) is 12.3. The number of hydrogen-bond donors (Lipinski definition) is 0. The first-order valence-corrected chi connectivity index (χ1v) is 10.2. The van der Waals surface area contributed by atoms with Gasteiger partial charge in [0.15, 0.2) is 0 Å². The van der Waals surface area contributed by atoms with Gasteiger partial charge in [0.2, 0.25) is 0 Å². The molecule has 0 atom stereocenters. The smallest absolute Gasteiger partial charge is 0.543 e. The molecule has 0 aliphatic heterocycles. The van der Waals surface area contributed by atoms with Crippen molar-refractivity contribution in [3.8, 4) is 5.75 Å². The predicted octanol–water partition coefficient (Wildman–Crippen LogP) is 1.82. The largest absolute Gasteiger partial charge is 1.00 e. The van der Waals surface area contributed by atoms with Gasteiger partial charge in [-0.3, -0.25) is 4.98 Å². The maximum Gasteiger partial charge on any atom is 1.00 e. The molecule has 1 aliphatic carbocycles. The predicted molar refractivity (Wildman–Crippen MR) is 114 cm³/mol. The van der Waals surface area contributed by atoms with E-state index in [1.54, 1.807) is 18.3 Å². The van der Waals surface area contributed by atoms with E-state index in [0.717, 1.165) is 47.3 Å². The van der Waals surface area contributed by atoms with Crippen LogP contribution in [0.15, 0.2) is 54.9 Å². The first kappa shape index (κ1) is 23.8. The number of allylic oxidation sites excluding steroid dienone is 2. The molecule has 152 valence electrons. The van der Waals surface area contributed by atoms with Gasteiger partial charge in [0, 0.05) is 21.2 Å². The fourth-order valence-corrected chi connectivity index (χ4v) is 4.03. The van der Waals surface area contributed by atoms with Crippen molar-refractivity contribution < 1.29 is 44.2 Å². The zero-order chi connectivity index (χ0) is 21.1. The molecule has 0 radical (unpaired) electrons. The van der Waals surface area contributed by atoms with E-state index in [1.165, 1.54) is 6.20 Å². The molecule has 2 aromatic carbocycles. The first-order chi connectivity index (χ1) is 14.5. The standard InChI is InChI=1S/C23H18Cl2N2O3.Na/c24-15-9-8-14(19(25)10-15)13-30-22-7-2-1-4-18(22)16-5-3-6-17(16)20-11-26-12-21(27-20)23(28)29;/h1-2,4,7-12H,3,5-6,13H2,(H,28,29);/q;+1/p-1. The number of nitrogens with zero attached hydrogens (tertiary/aromatic N) is 2. The van der Waals surface area contributed by atoms with Crippen molar-refractivity contribution in [2.24, 2.45) is 0 Å². The number of para-hydroxylation sites is 1. The Morgan fingerprint density at radius 2 is 1.84 bits per heavy atom. The Kier molecular flexibility index (Phi) is 8.14. The molecule has 4 rings (SSSR count). The second-order valence-corrected chi connectivity index (χ2v) is 7.75. The Morgan fingerprint density at radius 3 is 2.61 bits per heavy atom. The normalized spacial score (nSPS) is 13.1. The number of carbonyl (C=O) groups excluding carboxylic acids is 1. The van der Waals surface area contributed by atoms with E-state index in [2.05, 4.69) is 9.97 Å². The third kappa shape index (κ3) is 5.48. The molecule has 1 heterocycles. The van der Waals surface area contributed by atoms with Crippen molar-refractivity contribution in [3.05, 3.63) is 87.4 Å². The molecule has 0 N–H and O–H groups in total. The van der Waals surface area contributed by atoms with Crippen molar-refractivity contribution in [2.75, 3.05) is 0 Å². The van der Waals surface area contributed by atoms with Crippen LogP contribution in [-0.2, 0) is 6.61 Å². The molecule has 1 aromatic heterocycles. The number of hydrogen-bond acceptors (Lipinski definition) is 5. The number of ether oxygens (including phenoxy) is 1. The van der Waals surface area contributed by atoms with Crippen molar-refractivity contribution in [3.63, 3.8) is 0 Å². The van der Waals surface area contributed by atoms with E-state index < -0.39 is 5.97 Å². The number of carboxylic acids is 1. The van der Waals surface area contributed by atoms with Crippen LogP contribution in [0.5, 0.6) is 5.75 Å². The molecule has 0 fully saturated rings. The van der Waals surface area contributed by atoms with Crippen LogP contribution in [0, 0.1) is 0 Å². The van der Waals surface area contributed by atoms with Gasteiger partial charge in [-0.2, -0.15) is 0 Å². The summed E-state index contributed by atoms with van der Waals surface area (Å²) in [6.07, 6.45) is 5.36. The Bertz CT molecular complexity index is 1150. The van der Waals surface area contributed by atoms with Crippen molar-refractivity contribution in [2.45, 2.75) is 25.9 Å². The van der Waals surface area contributed by atoms with E-state index in [0.29, 0.717) is 22.3 Å². The van der Waals surface area contributed by atoms with Gasteiger partial charge >= 0.3 is 29.6 Å². The van der Waals surface area contributed by atoms with Gasteiger partial charge in [0.1, 0.15) is 18.1 Å². The van der Waals surface area contributed by atoms with Crippen LogP contribution in [0.4, 0.5) is 0 Å². The molecule has 0 spiro atoms. The maximum atomic E-state index is 11.2. The first-order valence-electron chi connectivity index (χ1n) is 9.45. The van der Waals surface area contributed by atoms with E-state index >= 15 is 0 Å². The average Bonchev–Trinajstić information content (AvgIpc) is 3.23. The van der Waals surface area contributed by atoms with E-state index in [1.807, 2.05) is 30.3 Å². The molecule has 5 nitrogen and oxygen atoms in total. The summed E-state index contributed by atoms with van der Waals surface area (Å²) in [6.45, 7) is 0.301. The summed E-state index contributed by atoms with van der Waals surface area (Å²) >= 11 is 12.2. The Balaban J connectivity index is 0.00000272. The molecular formula is C23H17Cl2N2NaO3. The molecule has 3 aromatic rings. The third-order valence-corrected chi connectivity index (χ3v) is 5.57. The minimum absolute atomic E-state index is 0. The monoisotopic (exact) mass is 462 g/mol. The van der Waals surface area contributed by atoms with Gasteiger partial charge in [0.25, 0.3) is 0 Å². The SMILES string of the molecule is O=C([O-])c1cncc(C2=C(c3ccccc3OCc3ccc(Cl)cc3Cl)CCC2)n1.[Na+]. The molecule has 0 amide bonds. The van der Waals surface area contributed by atoms with Crippen LogP contribution < -0.4 is 39.4 Å². The van der Waals surface area contributed by atoms with E-state index in [4.69, 9.17) is 27.9 Å². The molecule has 1 aliphatic rings. The van der Waals surface area contributed by atoms with Crippen molar-refractivity contribution >= 4 is 40.3 Å². The summed E-state index contributed by atoms with van der Waals surface area (Å²) < 4.78 is 6.10.